The van der Waals surface area contributed by atoms with Crippen LogP contribution in [0.15, 0.2) is 12.2 Å². The van der Waals surface area contributed by atoms with Gasteiger partial charge in [-0.2, -0.15) is 0 Å². The van der Waals surface area contributed by atoms with Crippen molar-refractivity contribution in [2.45, 2.75) is 65.3 Å². The van der Waals surface area contributed by atoms with E-state index in [2.05, 4.69) is 20.8 Å². The number of amides is 2. The maximum Gasteiger partial charge on any atom is 0.253 e. The lowest BCUT2D eigenvalue weighted by Crippen LogP contribution is -2.42. The molecule has 1 heterocycles. The summed E-state index contributed by atoms with van der Waals surface area (Å²) < 4.78 is 5.46. The number of methoxy groups -OCH3 is 1. The summed E-state index contributed by atoms with van der Waals surface area (Å²) in [7, 11) is 1.54. The summed E-state index contributed by atoms with van der Waals surface area (Å²) in [6.07, 6.45) is 6.26. The van der Waals surface area contributed by atoms with E-state index in [1.165, 1.54) is 23.5 Å². The number of imide groups is 1. The summed E-state index contributed by atoms with van der Waals surface area (Å²) in [6, 6.07) is 0. The predicted octanol–water partition coefficient (Wildman–Crippen LogP) is 3.07. The van der Waals surface area contributed by atoms with Gasteiger partial charge in [-0.05, 0) is 37.5 Å². The van der Waals surface area contributed by atoms with Crippen LogP contribution in [0.3, 0.4) is 0 Å². The van der Waals surface area contributed by atoms with Crippen LogP contribution in [0.2, 0.25) is 0 Å². The van der Waals surface area contributed by atoms with Crippen LogP contribution < -0.4 is 0 Å². The molecule has 1 saturated carbocycles. The first-order chi connectivity index (χ1) is 11.8. The predicted molar refractivity (Wildman–Crippen MR) is 93.2 cm³/mol. The zero-order chi connectivity index (χ0) is 18.6. The Morgan fingerprint density at radius 1 is 1.24 bits per heavy atom. The van der Waals surface area contributed by atoms with E-state index < -0.39 is 5.79 Å². The van der Waals surface area contributed by atoms with Gasteiger partial charge in [-0.3, -0.25) is 14.5 Å². The van der Waals surface area contributed by atoms with Gasteiger partial charge < -0.3 is 4.74 Å². The summed E-state index contributed by atoms with van der Waals surface area (Å²) in [5.41, 5.74) is 0. The third kappa shape index (κ3) is 5.12. The molecule has 0 N–H and O–H groups in total. The molecule has 142 valence electrons. The molecule has 2 amide bonds. The highest BCUT2D eigenvalue weighted by atomic mass is 17.2. The summed E-state index contributed by atoms with van der Waals surface area (Å²) in [6.45, 7) is 8.66. The molecule has 0 spiro atoms. The van der Waals surface area contributed by atoms with Gasteiger partial charge in [0.15, 0.2) is 5.79 Å². The van der Waals surface area contributed by atoms with Gasteiger partial charge in [0, 0.05) is 32.2 Å². The Kier molecular flexibility index (Phi) is 6.77. The van der Waals surface area contributed by atoms with Gasteiger partial charge in [0.1, 0.15) is 0 Å². The zero-order valence-electron chi connectivity index (χ0n) is 16.0. The Balaban J connectivity index is 1.90. The summed E-state index contributed by atoms with van der Waals surface area (Å²) >= 11 is 0. The van der Waals surface area contributed by atoms with E-state index in [9.17, 15) is 9.59 Å². The Morgan fingerprint density at radius 2 is 1.88 bits per heavy atom. The molecule has 1 fully saturated rings. The first-order valence-corrected chi connectivity index (χ1v) is 9.19. The van der Waals surface area contributed by atoms with Crippen molar-refractivity contribution in [1.82, 2.24) is 4.90 Å². The van der Waals surface area contributed by atoms with Gasteiger partial charge in [-0.15, -0.1) is 0 Å². The van der Waals surface area contributed by atoms with Crippen molar-refractivity contribution in [3.63, 3.8) is 0 Å². The first-order valence-electron chi connectivity index (χ1n) is 9.19. The fourth-order valence-corrected chi connectivity index (χ4v) is 3.53. The molecule has 0 bridgehead atoms. The van der Waals surface area contributed by atoms with E-state index in [1.54, 1.807) is 14.0 Å². The SMILES string of the molecule is COC(C)(CCN1C(=O)C=CC1=O)OOC1CC(C)CCC1C(C)C. The molecule has 4 atom stereocenters. The Hall–Kier alpha value is -1.24. The minimum absolute atomic E-state index is 0.0370. The van der Waals surface area contributed by atoms with Crippen molar-refractivity contribution < 1.29 is 24.1 Å². The highest BCUT2D eigenvalue weighted by molar-refractivity contribution is 6.12. The Labute approximate surface area is 150 Å². The normalized spacial score (nSPS) is 29.5. The largest absolute Gasteiger partial charge is 0.351 e. The monoisotopic (exact) mass is 353 g/mol. The number of rotatable bonds is 8. The van der Waals surface area contributed by atoms with Crippen LogP contribution in [-0.2, 0) is 24.1 Å². The first kappa shape index (κ1) is 20.1. The maximum absolute atomic E-state index is 11.7. The Bertz CT molecular complexity index is 500. The maximum atomic E-state index is 11.7. The zero-order valence-corrected chi connectivity index (χ0v) is 16.0. The van der Waals surface area contributed by atoms with Crippen molar-refractivity contribution in [2.24, 2.45) is 17.8 Å². The van der Waals surface area contributed by atoms with Crippen molar-refractivity contribution in [2.75, 3.05) is 13.7 Å². The van der Waals surface area contributed by atoms with Crippen LogP contribution in [-0.4, -0.2) is 42.3 Å². The van der Waals surface area contributed by atoms with Gasteiger partial charge in [-0.1, -0.05) is 27.2 Å². The van der Waals surface area contributed by atoms with Gasteiger partial charge >= 0.3 is 0 Å². The molecule has 0 aromatic carbocycles. The lowest BCUT2D eigenvalue weighted by molar-refractivity contribution is -0.446. The van der Waals surface area contributed by atoms with E-state index in [4.69, 9.17) is 14.5 Å². The lowest BCUT2D eigenvalue weighted by atomic mass is 9.75. The van der Waals surface area contributed by atoms with Crippen molar-refractivity contribution in [1.29, 1.82) is 0 Å². The van der Waals surface area contributed by atoms with Gasteiger partial charge in [-0.25, -0.2) is 9.78 Å². The second-order valence-electron chi connectivity index (χ2n) is 7.79. The molecular formula is C19H31NO5. The average Bonchev–Trinajstić information content (AvgIpc) is 2.89. The molecule has 6 nitrogen and oxygen atoms in total. The molecule has 1 aliphatic carbocycles. The van der Waals surface area contributed by atoms with Crippen molar-refractivity contribution >= 4 is 11.8 Å². The molecule has 1 aliphatic heterocycles. The van der Waals surface area contributed by atoms with E-state index in [-0.39, 0.29) is 24.5 Å². The molecule has 2 rings (SSSR count). The van der Waals surface area contributed by atoms with Crippen LogP contribution in [0, 0.1) is 17.8 Å². The third-order valence-corrected chi connectivity index (χ3v) is 5.43. The van der Waals surface area contributed by atoms with Gasteiger partial charge in [0.2, 0.25) is 0 Å². The van der Waals surface area contributed by atoms with E-state index >= 15 is 0 Å². The third-order valence-electron chi connectivity index (χ3n) is 5.43. The molecule has 2 aliphatic rings. The highest BCUT2D eigenvalue weighted by Gasteiger charge is 2.36. The molecular weight excluding hydrogens is 322 g/mol. The van der Waals surface area contributed by atoms with Gasteiger partial charge in [0.05, 0.1) is 6.10 Å². The number of carbonyl (C=O) groups excluding carboxylic acids is 2. The second-order valence-corrected chi connectivity index (χ2v) is 7.79. The van der Waals surface area contributed by atoms with Crippen LogP contribution in [0.25, 0.3) is 0 Å². The minimum Gasteiger partial charge on any atom is -0.351 e. The molecule has 0 radical (unpaired) electrons. The van der Waals surface area contributed by atoms with Crippen LogP contribution >= 0.6 is 0 Å². The topological polar surface area (TPSA) is 65.1 Å². The van der Waals surface area contributed by atoms with E-state index in [0.717, 1.165) is 12.8 Å². The molecule has 0 saturated heterocycles. The summed E-state index contributed by atoms with van der Waals surface area (Å²) in [5.74, 6) is -0.00572. The fraction of sp³-hybridized carbons (Fsp3) is 0.789. The number of carbonyl (C=O) groups is 2. The quantitative estimate of drug-likeness (QED) is 0.290. The van der Waals surface area contributed by atoms with Crippen LogP contribution in [0.1, 0.15) is 53.4 Å². The average molecular weight is 353 g/mol. The van der Waals surface area contributed by atoms with E-state index in [0.29, 0.717) is 24.2 Å². The number of hydrogen-bond acceptors (Lipinski definition) is 5. The molecule has 0 aromatic heterocycles. The number of hydrogen-bond donors (Lipinski definition) is 0. The molecule has 4 unspecified atom stereocenters. The lowest BCUT2D eigenvalue weighted by Gasteiger charge is -2.38. The van der Waals surface area contributed by atoms with Crippen LogP contribution in [0.5, 0.6) is 0 Å². The van der Waals surface area contributed by atoms with Crippen molar-refractivity contribution in [3.05, 3.63) is 12.2 Å². The standard InChI is InChI=1S/C19H31NO5/c1-13(2)15-7-6-14(3)12-16(15)24-25-19(4,23-5)10-11-20-17(21)8-9-18(20)22/h8-9,13-16H,6-7,10-12H2,1-5H3. The molecule has 25 heavy (non-hydrogen) atoms. The number of ether oxygens (including phenoxy) is 1. The van der Waals surface area contributed by atoms with E-state index in [1.807, 2.05) is 0 Å². The van der Waals surface area contributed by atoms with Gasteiger partial charge in [0.25, 0.3) is 11.8 Å². The minimum atomic E-state index is -1.01. The fourth-order valence-electron chi connectivity index (χ4n) is 3.53. The smallest absolute Gasteiger partial charge is 0.253 e. The van der Waals surface area contributed by atoms with Crippen LogP contribution in [0.4, 0.5) is 0 Å². The molecule has 6 heteroatoms. The highest BCUT2D eigenvalue weighted by Crippen LogP contribution is 2.36. The Morgan fingerprint density at radius 3 is 2.44 bits per heavy atom. The number of nitrogens with zero attached hydrogens (tertiary/aromatic N) is 1. The summed E-state index contributed by atoms with van der Waals surface area (Å²) in [4.78, 5) is 36.0. The van der Waals surface area contributed by atoms with Crippen molar-refractivity contribution in [3.8, 4) is 0 Å². The second kappa shape index (κ2) is 8.43. The summed E-state index contributed by atoms with van der Waals surface area (Å²) in [5, 5.41) is 0. The molecule has 0 aromatic rings.